The van der Waals surface area contributed by atoms with Gasteiger partial charge in [0.2, 0.25) is 0 Å². The zero-order valence-electron chi connectivity index (χ0n) is 11.9. The van der Waals surface area contributed by atoms with Crippen LogP contribution in [0.2, 0.25) is 0 Å². The molecule has 1 aromatic heterocycles. The molecule has 0 N–H and O–H groups in total. The molecule has 0 bridgehead atoms. The molecular weight excluding hydrogens is 230 g/mol. The van der Waals surface area contributed by atoms with Crippen LogP contribution in [0.25, 0.3) is 10.8 Å². The summed E-state index contributed by atoms with van der Waals surface area (Å²) in [5, 5.41) is 2.79. The Balaban J connectivity index is 1.92. The normalized spacial score (nSPS) is 22.5. The third-order valence-corrected chi connectivity index (χ3v) is 4.98. The Bertz CT molecular complexity index is 652. The Labute approximate surface area is 115 Å². The van der Waals surface area contributed by atoms with Crippen molar-refractivity contribution in [1.82, 2.24) is 4.98 Å². The zero-order chi connectivity index (χ0) is 13.0. The van der Waals surface area contributed by atoms with Gasteiger partial charge in [0.1, 0.15) is 0 Å². The monoisotopic (exact) mass is 251 g/mol. The number of aryl methyl sites for hydroxylation is 2. The van der Waals surface area contributed by atoms with E-state index in [1.54, 1.807) is 11.1 Å². The van der Waals surface area contributed by atoms with Crippen LogP contribution in [0.3, 0.4) is 0 Å². The minimum absolute atomic E-state index is 0.749. The van der Waals surface area contributed by atoms with Gasteiger partial charge in [0.05, 0.1) is 0 Å². The highest BCUT2D eigenvalue weighted by molar-refractivity contribution is 5.87. The van der Waals surface area contributed by atoms with Gasteiger partial charge in [-0.3, -0.25) is 4.98 Å². The molecular formula is C18H21N. The van der Waals surface area contributed by atoms with Crippen LogP contribution in [-0.2, 0) is 12.8 Å². The molecule has 2 aliphatic carbocycles. The van der Waals surface area contributed by atoms with Crippen molar-refractivity contribution in [3.8, 4) is 0 Å². The fraction of sp³-hybridized carbons (Fsp3) is 0.500. The molecule has 0 saturated heterocycles. The highest BCUT2D eigenvalue weighted by atomic mass is 14.7. The molecule has 2 aromatic rings. The van der Waals surface area contributed by atoms with Crippen molar-refractivity contribution in [2.24, 2.45) is 5.92 Å². The van der Waals surface area contributed by atoms with Crippen molar-refractivity contribution < 1.29 is 0 Å². The summed E-state index contributed by atoms with van der Waals surface area (Å²) in [6.07, 6.45) is 8.62. The largest absolute Gasteiger partial charge is 0.260 e. The predicted octanol–water partition coefficient (Wildman–Crippen LogP) is 4.55. The van der Waals surface area contributed by atoms with Crippen LogP contribution in [-0.4, -0.2) is 4.98 Å². The predicted molar refractivity (Wildman–Crippen MR) is 79.6 cm³/mol. The summed E-state index contributed by atoms with van der Waals surface area (Å²) in [5.74, 6) is 1.59. The molecule has 0 radical (unpaired) electrons. The van der Waals surface area contributed by atoms with Crippen molar-refractivity contribution in [3.05, 3.63) is 40.7 Å². The Morgan fingerprint density at radius 2 is 2.00 bits per heavy atom. The summed E-state index contributed by atoms with van der Waals surface area (Å²) >= 11 is 0. The van der Waals surface area contributed by atoms with Crippen molar-refractivity contribution in [2.45, 2.75) is 51.9 Å². The van der Waals surface area contributed by atoms with Gasteiger partial charge in [0.25, 0.3) is 0 Å². The highest BCUT2D eigenvalue weighted by Crippen LogP contribution is 2.41. The van der Waals surface area contributed by atoms with Crippen molar-refractivity contribution >= 4 is 10.8 Å². The summed E-state index contributed by atoms with van der Waals surface area (Å²) in [6, 6.07) is 4.76. The first-order valence-electron chi connectivity index (χ1n) is 7.63. The first-order chi connectivity index (χ1) is 9.22. The molecule has 1 saturated carbocycles. The smallest absolute Gasteiger partial charge is 0.0441 e. The van der Waals surface area contributed by atoms with Gasteiger partial charge in [-0.15, -0.1) is 0 Å². The van der Waals surface area contributed by atoms with Crippen molar-refractivity contribution in [2.75, 3.05) is 0 Å². The van der Waals surface area contributed by atoms with Crippen LogP contribution in [0.4, 0.5) is 0 Å². The van der Waals surface area contributed by atoms with Gasteiger partial charge in [-0.05, 0) is 79.2 Å². The first kappa shape index (κ1) is 11.5. The molecule has 98 valence electrons. The topological polar surface area (TPSA) is 12.9 Å². The molecule has 0 spiro atoms. The van der Waals surface area contributed by atoms with Gasteiger partial charge in [0, 0.05) is 23.2 Å². The maximum atomic E-state index is 4.67. The second-order valence-electron chi connectivity index (χ2n) is 6.59. The summed E-state index contributed by atoms with van der Waals surface area (Å²) in [7, 11) is 0. The van der Waals surface area contributed by atoms with E-state index < -0.39 is 0 Å². The molecule has 0 aliphatic heterocycles. The first-order valence-corrected chi connectivity index (χ1v) is 7.63. The number of pyridine rings is 1. The Morgan fingerprint density at radius 1 is 1.16 bits per heavy atom. The van der Waals surface area contributed by atoms with E-state index in [2.05, 4.69) is 37.2 Å². The summed E-state index contributed by atoms with van der Waals surface area (Å²) < 4.78 is 0. The van der Waals surface area contributed by atoms with E-state index in [1.165, 1.54) is 54.1 Å². The van der Waals surface area contributed by atoms with Gasteiger partial charge in [-0.1, -0.05) is 6.92 Å². The van der Waals surface area contributed by atoms with Crippen LogP contribution < -0.4 is 0 Å². The lowest BCUT2D eigenvalue weighted by Crippen LogP contribution is -2.13. The van der Waals surface area contributed by atoms with Crippen molar-refractivity contribution in [1.29, 1.82) is 0 Å². The molecule has 4 rings (SSSR count). The lowest BCUT2D eigenvalue weighted by Gasteiger charge is -2.24. The van der Waals surface area contributed by atoms with Crippen LogP contribution in [0.5, 0.6) is 0 Å². The molecule has 1 heterocycles. The van der Waals surface area contributed by atoms with Gasteiger partial charge >= 0.3 is 0 Å². The lowest BCUT2D eigenvalue weighted by molar-refractivity contribution is 0.500. The van der Waals surface area contributed by atoms with Gasteiger partial charge in [0.15, 0.2) is 0 Å². The maximum Gasteiger partial charge on any atom is 0.0441 e. The third kappa shape index (κ3) is 1.87. The Morgan fingerprint density at radius 3 is 2.79 bits per heavy atom. The summed E-state index contributed by atoms with van der Waals surface area (Å²) in [6.45, 7) is 4.70. The van der Waals surface area contributed by atoms with E-state index >= 15 is 0 Å². The average molecular weight is 251 g/mol. The van der Waals surface area contributed by atoms with Crippen molar-refractivity contribution in [3.63, 3.8) is 0 Å². The van der Waals surface area contributed by atoms with E-state index in [0.29, 0.717) is 0 Å². The van der Waals surface area contributed by atoms with E-state index in [0.717, 1.165) is 11.8 Å². The number of fused-ring (bicyclic) bond motifs is 2. The fourth-order valence-electron chi connectivity index (χ4n) is 3.56. The SMILES string of the molecule is Cc1c2c(cc3cnc(C4CC4)cc13)CCC(C)C2. The number of aromatic nitrogens is 1. The summed E-state index contributed by atoms with van der Waals surface area (Å²) in [4.78, 5) is 4.67. The summed E-state index contributed by atoms with van der Waals surface area (Å²) in [5.41, 5.74) is 6.03. The molecule has 0 amide bonds. The number of benzene rings is 1. The standard InChI is InChI=1S/C18H21N/c1-11-3-4-14-8-15-10-19-18(13-5-6-13)9-17(15)12(2)16(14)7-11/h8-11,13H,3-7H2,1-2H3. The van der Waals surface area contributed by atoms with E-state index in [-0.39, 0.29) is 0 Å². The molecule has 2 aliphatic rings. The van der Waals surface area contributed by atoms with Gasteiger partial charge in [-0.25, -0.2) is 0 Å². The number of rotatable bonds is 1. The quantitative estimate of drug-likeness (QED) is 0.724. The number of nitrogens with zero attached hydrogens (tertiary/aromatic N) is 1. The minimum atomic E-state index is 0.749. The average Bonchev–Trinajstić information content (AvgIpc) is 3.24. The highest BCUT2D eigenvalue weighted by Gasteiger charge is 2.26. The van der Waals surface area contributed by atoms with E-state index in [1.807, 2.05) is 0 Å². The lowest BCUT2D eigenvalue weighted by atomic mass is 9.81. The minimum Gasteiger partial charge on any atom is -0.260 e. The van der Waals surface area contributed by atoms with Crippen LogP contribution in [0.1, 0.15) is 54.5 Å². The molecule has 19 heavy (non-hydrogen) atoms. The molecule has 1 nitrogen and oxygen atoms in total. The second kappa shape index (κ2) is 4.06. The van der Waals surface area contributed by atoms with E-state index in [4.69, 9.17) is 0 Å². The van der Waals surface area contributed by atoms with Gasteiger partial charge in [-0.2, -0.15) is 0 Å². The van der Waals surface area contributed by atoms with Crippen LogP contribution in [0.15, 0.2) is 18.3 Å². The maximum absolute atomic E-state index is 4.67. The van der Waals surface area contributed by atoms with Crippen LogP contribution in [0, 0.1) is 12.8 Å². The Kier molecular flexibility index (Phi) is 2.45. The van der Waals surface area contributed by atoms with E-state index in [9.17, 15) is 0 Å². The van der Waals surface area contributed by atoms with Crippen LogP contribution >= 0.6 is 0 Å². The zero-order valence-corrected chi connectivity index (χ0v) is 11.9. The number of hydrogen-bond acceptors (Lipinski definition) is 1. The second-order valence-corrected chi connectivity index (χ2v) is 6.59. The molecule has 1 fully saturated rings. The fourth-order valence-corrected chi connectivity index (χ4v) is 3.56. The molecule has 1 atom stereocenters. The third-order valence-electron chi connectivity index (χ3n) is 4.98. The van der Waals surface area contributed by atoms with Gasteiger partial charge < -0.3 is 0 Å². The number of hydrogen-bond donors (Lipinski definition) is 0. The molecule has 1 unspecified atom stereocenters. The Hall–Kier alpha value is -1.37. The molecule has 1 heteroatoms. The molecule has 1 aromatic carbocycles.